The normalized spacial score (nSPS) is 12.6. The molecule has 0 radical (unpaired) electrons. The summed E-state index contributed by atoms with van der Waals surface area (Å²) >= 11 is 0. The maximum atomic E-state index is 10.7. The Labute approximate surface area is 94.1 Å². The molecule has 0 amide bonds. The zero-order chi connectivity index (χ0) is 11.4. The highest BCUT2D eigenvalue weighted by Gasteiger charge is 2.13. The molecule has 16 heavy (non-hydrogen) atoms. The Morgan fingerprint density at radius 2 is 2.19 bits per heavy atom. The highest BCUT2D eigenvalue weighted by molar-refractivity contribution is 5.75. The van der Waals surface area contributed by atoms with Gasteiger partial charge in [0.15, 0.2) is 11.5 Å². The van der Waals surface area contributed by atoms with Crippen LogP contribution in [0.25, 0.3) is 0 Å². The Hall–Kier alpha value is -1.71. The Kier molecular flexibility index (Phi) is 3.29. The van der Waals surface area contributed by atoms with Crippen molar-refractivity contribution < 1.29 is 19.0 Å². The van der Waals surface area contributed by atoms with Crippen molar-refractivity contribution in [2.75, 3.05) is 13.4 Å². The molecule has 4 heteroatoms. The molecule has 1 aromatic carbocycles. The highest BCUT2D eigenvalue weighted by atomic mass is 16.7. The van der Waals surface area contributed by atoms with Crippen LogP contribution in [0, 0.1) is 0 Å². The van der Waals surface area contributed by atoms with Crippen LogP contribution in [0.4, 0.5) is 0 Å². The fraction of sp³-hybridized carbons (Fsp3) is 0.417. The second-order valence-electron chi connectivity index (χ2n) is 3.67. The lowest BCUT2D eigenvalue weighted by atomic mass is 10.2. The lowest BCUT2D eigenvalue weighted by molar-refractivity contribution is -0.117. The minimum atomic E-state index is 0.189. The van der Waals surface area contributed by atoms with Crippen molar-refractivity contribution in [3.05, 3.63) is 18.2 Å². The Balaban J connectivity index is 1.83. The molecule has 0 spiro atoms. The number of fused-ring (bicyclic) bond motifs is 1. The molecule has 1 aliphatic heterocycles. The van der Waals surface area contributed by atoms with E-state index in [4.69, 9.17) is 14.2 Å². The van der Waals surface area contributed by atoms with Gasteiger partial charge in [-0.15, -0.1) is 0 Å². The van der Waals surface area contributed by atoms with Crippen molar-refractivity contribution in [2.45, 2.75) is 19.8 Å². The van der Waals surface area contributed by atoms with Crippen LogP contribution in [0.15, 0.2) is 18.2 Å². The first kappa shape index (κ1) is 10.8. The average Bonchev–Trinajstić information content (AvgIpc) is 2.71. The molecule has 0 aliphatic carbocycles. The number of carbonyl (C=O) groups excluding carboxylic acids is 1. The summed E-state index contributed by atoms with van der Waals surface area (Å²) in [5.74, 6) is 2.39. The lowest BCUT2D eigenvalue weighted by Crippen LogP contribution is -2.00. The van der Waals surface area contributed by atoms with Gasteiger partial charge in [0, 0.05) is 12.5 Å². The lowest BCUT2D eigenvalue weighted by Gasteiger charge is -2.05. The van der Waals surface area contributed by atoms with Crippen molar-refractivity contribution >= 4 is 5.78 Å². The van der Waals surface area contributed by atoms with E-state index in [-0.39, 0.29) is 12.6 Å². The molecular weight excluding hydrogens is 208 g/mol. The largest absolute Gasteiger partial charge is 0.493 e. The predicted molar refractivity (Wildman–Crippen MR) is 58.0 cm³/mol. The Bertz CT molecular complexity index is 387. The fourth-order valence-corrected chi connectivity index (χ4v) is 1.48. The molecule has 0 unspecified atom stereocenters. The third-order valence-corrected chi connectivity index (χ3v) is 2.29. The van der Waals surface area contributed by atoms with Gasteiger partial charge in [0.2, 0.25) is 6.79 Å². The van der Waals surface area contributed by atoms with Crippen molar-refractivity contribution in [1.29, 1.82) is 0 Å². The zero-order valence-electron chi connectivity index (χ0n) is 9.19. The van der Waals surface area contributed by atoms with Gasteiger partial charge in [-0.25, -0.2) is 0 Å². The Morgan fingerprint density at radius 1 is 1.38 bits per heavy atom. The van der Waals surface area contributed by atoms with Crippen LogP contribution in [-0.4, -0.2) is 19.2 Å². The molecule has 1 aliphatic rings. The van der Waals surface area contributed by atoms with E-state index in [0.717, 1.165) is 17.9 Å². The monoisotopic (exact) mass is 222 g/mol. The molecule has 1 aromatic rings. The van der Waals surface area contributed by atoms with E-state index in [2.05, 4.69) is 0 Å². The SMILES string of the molecule is CC(=O)CCCOc1ccc2c(c1)OCO2. The van der Waals surface area contributed by atoms with Gasteiger partial charge in [0.05, 0.1) is 6.61 Å². The van der Waals surface area contributed by atoms with Gasteiger partial charge in [-0.3, -0.25) is 0 Å². The minimum Gasteiger partial charge on any atom is -0.493 e. The molecule has 86 valence electrons. The van der Waals surface area contributed by atoms with E-state index in [9.17, 15) is 4.79 Å². The minimum absolute atomic E-state index is 0.189. The first-order chi connectivity index (χ1) is 7.75. The maximum absolute atomic E-state index is 10.7. The third kappa shape index (κ3) is 2.66. The standard InChI is InChI=1S/C12H14O4/c1-9(13)3-2-6-14-10-4-5-11-12(7-10)16-8-15-11/h4-5,7H,2-3,6,8H2,1H3. The van der Waals surface area contributed by atoms with Crippen LogP contribution >= 0.6 is 0 Å². The number of hydrogen-bond acceptors (Lipinski definition) is 4. The van der Waals surface area contributed by atoms with Crippen molar-refractivity contribution in [1.82, 2.24) is 0 Å². The van der Waals surface area contributed by atoms with Crippen LogP contribution in [0.2, 0.25) is 0 Å². The van der Waals surface area contributed by atoms with E-state index < -0.39 is 0 Å². The maximum Gasteiger partial charge on any atom is 0.231 e. The number of rotatable bonds is 5. The second-order valence-corrected chi connectivity index (χ2v) is 3.67. The van der Waals surface area contributed by atoms with Gasteiger partial charge in [-0.2, -0.15) is 0 Å². The summed E-state index contributed by atoms with van der Waals surface area (Å²) in [5.41, 5.74) is 0. The van der Waals surface area contributed by atoms with Crippen LogP contribution in [0.1, 0.15) is 19.8 Å². The summed E-state index contributed by atoms with van der Waals surface area (Å²) in [5, 5.41) is 0. The summed E-state index contributed by atoms with van der Waals surface area (Å²) in [6.07, 6.45) is 1.30. The quantitative estimate of drug-likeness (QED) is 0.716. The first-order valence-electron chi connectivity index (χ1n) is 5.27. The zero-order valence-corrected chi connectivity index (χ0v) is 9.19. The summed E-state index contributed by atoms with van der Waals surface area (Å²) in [6, 6.07) is 5.46. The van der Waals surface area contributed by atoms with E-state index in [1.165, 1.54) is 0 Å². The van der Waals surface area contributed by atoms with Crippen molar-refractivity contribution in [3.8, 4) is 17.2 Å². The smallest absolute Gasteiger partial charge is 0.231 e. The molecule has 4 nitrogen and oxygen atoms in total. The van der Waals surface area contributed by atoms with Crippen LogP contribution in [0.5, 0.6) is 17.2 Å². The first-order valence-corrected chi connectivity index (χ1v) is 5.27. The number of hydrogen-bond donors (Lipinski definition) is 0. The molecule has 0 bridgehead atoms. The van der Waals surface area contributed by atoms with E-state index in [1.807, 2.05) is 12.1 Å². The fourth-order valence-electron chi connectivity index (χ4n) is 1.48. The van der Waals surface area contributed by atoms with Gasteiger partial charge in [-0.1, -0.05) is 0 Å². The molecule has 2 rings (SSSR count). The van der Waals surface area contributed by atoms with Gasteiger partial charge >= 0.3 is 0 Å². The van der Waals surface area contributed by atoms with Crippen molar-refractivity contribution in [3.63, 3.8) is 0 Å². The van der Waals surface area contributed by atoms with Crippen LogP contribution < -0.4 is 14.2 Å². The van der Waals surface area contributed by atoms with E-state index in [1.54, 1.807) is 13.0 Å². The topological polar surface area (TPSA) is 44.8 Å². The molecule has 0 aromatic heterocycles. The second kappa shape index (κ2) is 4.88. The average molecular weight is 222 g/mol. The third-order valence-electron chi connectivity index (χ3n) is 2.29. The Morgan fingerprint density at radius 3 is 3.00 bits per heavy atom. The van der Waals surface area contributed by atoms with Gasteiger partial charge in [0.25, 0.3) is 0 Å². The molecule has 0 saturated heterocycles. The number of benzene rings is 1. The summed E-state index contributed by atoms with van der Waals surface area (Å²) in [7, 11) is 0. The predicted octanol–water partition coefficient (Wildman–Crippen LogP) is 2.16. The number of Topliss-reactive ketones (excluding diaryl/α,β-unsaturated/α-hetero) is 1. The van der Waals surface area contributed by atoms with Crippen LogP contribution in [-0.2, 0) is 4.79 Å². The van der Waals surface area contributed by atoms with Crippen molar-refractivity contribution in [2.24, 2.45) is 0 Å². The number of ketones is 1. The van der Waals surface area contributed by atoms with E-state index in [0.29, 0.717) is 18.8 Å². The van der Waals surface area contributed by atoms with Gasteiger partial charge in [-0.05, 0) is 25.5 Å². The molecule has 0 fully saturated rings. The molecule has 1 heterocycles. The van der Waals surface area contributed by atoms with Gasteiger partial charge in [0.1, 0.15) is 11.5 Å². The summed E-state index contributed by atoms with van der Waals surface area (Å²) in [6.45, 7) is 2.39. The number of carbonyl (C=O) groups is 1. The highest BCUT2D eigenvalue weighted by Crippen LogP contribution is 2.35. The molecule has 0 saturated carbocycles. The molecule has 0 N–H and O–H groups in total. The summed E-state index contributed by atoms with van der Waals surface area (Å²) < 4.78 is 15.9. The van der Waals surface area contributed by atoms with E-state index >= 15 is 0 Å². The number of ether oxygens (including phenoxy) is 3. The van der Waals surface area contributed by atoms with Crippen LogP contribution in [0.3, 0.4) is 0 Å². The molecule has 0 atom stereocenters. The van der Waals surface area contributed by atoms with Gasteiger partial charge < -0.3 is 19.0 Å². The summed E-state index contributed by atoms with van der Waals surface area (Å²) in [4.78, 5) is 10.7. The molecular formula is C12H14O4.